The van der Waals surface area contributed by atoms with Gasteiger partial charge < -0.3 is 13.6 Å². The Morgan fingerprint density at radius 2 is 0.982 bits per heavy atom. The Balaban J connectivity index is 1.10. The summed E-state index contributed by atoms with van der Waals surface area (Å²) in [7, 11) is 0. The zero-order valence-electron chi connectivity index (χ0n) is 30.0. The zero-order chi connectivity index (χ0) is 36.7. The van der Waals surface area contributed by atoms with Crippen molar-refractivity contribution in [2.75, 3.05) is 0 Å². The molecule has 0 aliphatic carbocycles. The molecule has 0 amide bonds. The van der Waals surface area contributed by atoms with E-state index in [0.717, 1.165) is 83.4 Å². The molecule has 0 saturated carbocycles. The molecular weight excluding hydrogens is 687 g/mol. The second-order valence-corrected chi connectivity index (χ2v) is 14.3. The fraction of sp³-hybridized carbons (Fsp3) is 0. The van der Waals surface area contributed by atoms with Gasteiger partial charge in [0, 0.05) is 54.8 Å². The number of para-hydroxylation sites is 3. The summed E-state index contributed by atoms with van der Waals surface area (Å²) in [5, 5.41) is 12.1. The summed E-state index contributed by atoms with van der Waals surface area (Å²) in [6.07, 6.45) is 0. The van der Waals surface area contributed by atoms with E-state index >= 15 is 0 Å². The quantitative estimate of drug-likeness (QED) is 0.178. The Kier molecular flexibility index (Phi) is 6.53. The van der Waals surface area contributed by atoms with E-state index in [9.17, 15) is 0 Å². The predicted molar refractivity (Wildman–Crippen MR) is 228 cm³/mol. The number of benzene rings is 8. The molecule has 4 aromatic heterocycles. The largest absolute Gasteiger partial charge is 0.454 e. The van der Waals surface area contributed by atoms with Gasteiger partial charge in [-0.15, -0.1) is 5.10 Å². The van der Waals surface area contributed by atoms with Crippen LogP contribution in [0, 0.1) is 0 Å². The summed E-state index contributed by atoms with van der Waals surface area (Å²) in [6.45, 7) is 0. The van der Waals surface area contributed by atoms with Gasteiger partial charge in [-0.05, 0) is 54.6 Å². The third-order valence-corrected chi connectivity index (χ3v) is 11.1. The highest BCUT2D eigenvalue weighted by molar-refractivity contribution is 6.21. The van der Waals surface area contributed by atoms with Crippen molar-refractivity contribution in [3.8, 4) is 39.8 Å². The van der Waals surface area contributed by atoms with Crippen molar-refractivity contribution in [3.63, 3.8) is 0 Å². The first-order valence-corrected chi connectivity index (χ1v) is 18.8. The Hall–Kier alpha value is -7.70. The Morgan fingerprint density at radius 3 is 1.77 bits per heavy atom. The Morgan fingerprint density at radius 1 is 0.393 bits per heavy atom. The molecule has 0 unspecified atom stereocenters. The van der Waals surface area contributed by atoms with Crippen LogP contribution in [0.25, 0.3) is 105 Å². The molecule has 12 aromatic rings. The second kappa shape index (κ2) is 11.9. The van der Waals surface area contributed by atoms with Crippen LogP contribution < -0.4 is 0 Å². The highest BCUT2D eigenvalue weighted by Crippen LogP contribution is 2.41. The minimum atomic E-state index is 0.683. The number of rotatable bonds is 5. The van der Waals surface area contributed by atoms with Crippen LogP contribution in [0.3, 0.4) is 0 Å². The van der Waals surface area contributed by atoms with Gasteiger partial charge in [0.15, 0.2) is 17.2 Å². The third kappa shape index (κ3) is 4.50. The van der Waals surface area contributed by atoms with E-state index in [1.54, 1.807) is 0 Å². The summed E-state index contributed by atoms with van der Waals surface area (Å²) in [5.41, 5.74) is 11.2. The van der Waals surface area contributed by atoms with Crippen molar-refractivity contribution < 1.29 is 4.42 Å². The van der Waals surface area contributed by atoms with Crippen LogP contribution in [0.15, 0.2) is 192 Å². The molecule has 0 aliphatic rings. The molecule has 0 fully saturated rings. The molecule has 0 atom stereocenters. The zero-order valence-corrected chi connectivity index (χ0v) is 30.0. The maximum absolute atomic E-state index is 6.66. The van der Waals surface area contributed by atoms with Crippen molar-refractivity contribution >= 4 is 65.6 Å². The maximum Gasteiger partial charge on any atom is 0.182 e. The number of aromatic nitrogens is 5. The molecule has 0 radical (unpaired) electrons. The average molecular weight is 718 g/mol. The first-order chi connectivity index (χ1) is 27.8. The first kappa shape index (κ1) is 30.7. The smallest absolute Gasteiger partial charge is 0.182 e. The predicted octanol–water partition coefficient (Wildman–Crippen LogP) is 12.7. The van der Waals surface area contributed by atoms with Crippen molar-refractivity contribution in [2.45, 2.75) is 0 Å². The standard InChI is InChI=1S/C50H31N5O/c1-3-14-32(15-4-1)49-51-50(33-16-5-2-6-17-33)55(52-49)36-26-27-39-37-20-7-10-23-43(37)53(45(39)31-36)34-18-13-19-35(30-34)54-44-24-11-8-21-38(44)41-28-29-42-40-22-9-12-25-46(40)56-48(42)47(41)54/h1-31H. The number of hydrogen-bond acceptors (Lipinski definition) is 3. The molecule has 262 valence electrons. The van der Waals surface area contributed by atoms with E-state index in [4.69, 9.17) is 14.5 Å². The van der Waals surface area contributed by atoms with Gasteiger partial charge in [0.1, 0.15) is 5.58 Å². The van der Waals surface area contributed by atoms with Crippen LogP contribution >= 0.6 is 0 Å². The fourth-order valence-electron chi connectivity index (χ4n) is 8.61. The van der Waals surface area contributed by atoms with Crippen molar-refractivity contribution in [3.05, 3.63) is 188 Å². The van der Waals surface area contributed by atoms with E-state index in [2.05, 4.69) is 155 Å². The highest BCUT2D eigenvalue weighted by Gasteiger charge is 2.21. The van der Waals surface area contributed by atoms with Gasteiger partial charge in [0.25, 0.3) is 0 Å². The summed E-state index contributed by atoms with van der Waals surface area (Å²) in [6, 6.07) is 66.0. The molecule has 0 saturated heterocycles. The second-order valence-electron chi connectivity index (χ2n) is 14.3. The number of fused-ring (bicyclic) bond motifs is 10. The van der Waals surface area contributed by atoms with Gasteiger partial charge in [0.2, 0.25) is 0 Å². The van der Waals surface area contributed by atoms with Gasteiger partial charge in [-0.2, -0.15) is 0 Å². The minimum absolute atomic E-state index is 0.683. The number of furan rings is 1. The normalized spacial score (nSPS) is 11.9. The average Bonchev–Trinajstić information content (AvgIpc) is 4.04. The lowest BCUT2D eigenvalue weighted by Gasteiger charge is -2.13. The summed E-state index contributed by atoms with van der Waals surface area (Å²) < 4.78 is 13.4. The minimum Gasteiger partial charge on any atom is -0.454 e. The van der Waals surface area contributed by atoms with E-state index < -0.39 is 0 Å². The number of nitrogens with zero attached hydrogens (tertiary/aromatic N) is 5. The highest BCUT2D eigenvalue weighted by atomic mass is 16.3. The van der Waals surface area contributed by atoms with Crippen LogP contribution in [0.5, 0.6) is 0 Å². The fourth-order valence-corrected chi connectivity index (χ4v) is 8.61. The van der Waals surface area contributed by atoms with Crippen LogP contribution in [-0.2, 0) is 0 Å². The van der Waals surface area contributed by atoms with Crippen LogP contribution in [0.2, 0.25) is 0 Å². The summed E-state index contributed by atoms with van der Waals surface area (Å²) >= 11 is 0. The first-order valence-electron chi connectivity index (χ1n) is 18.8. The van der Waals surface area contributed by atoms with Crippen LogP contribution in [0.4, 0.5) is 0 Å². The molecule has 0 N–H and O–H groups in total. The number of hydrogen-bond donors (Lipinski definition) is 0. The molecule has 6 heteroatoms. The summed E-state index contributed by atoms with van der Waals surface area (Å²) in [4.78, 5) is 5.09. The molecule has 8 aromatic carbocycles. The summed E-state index contributed by atoms with van der Waals surface area (Å²) in [5.74, 6) is 1.47. The Bertz CT molecular complexity index is 3480. The molecule has 0 aliphatic heterocycles. The van der Waals surface area contributed by atoms with Crippen molar-refractivity contribution in [2.24, 2.45) is 0 Å². The van der Waals surface area contributed by atoms with Crippen LogP contribution in [-0.4, -0.2) is 23.9 Å². The van der Waals surface area contributed by atoms with E-state index in [0.29, 0.717) is 5.82 Å². The van der Waals surface area contributed by atoms with Gasteiger partial charge in [-0.25, -0.2) is 9.67 Å². The van der Waals surface area contributed by atoms with E-state index in [-0.39, 0.29) is 0 Å². The monoisotopic (exact) mass is 717 g/mol. The van der Waals surface area contributed by atoms with Crippen molar-refractivity contribution in [1.82, 2.24) is 23.9 Å². The molecule has 0 bridgehead atoms. The SMILES string of the molecule is c1ccc(-c2nc(-c3ccccc3)n(-c3ccc4c5ccccc5n(-c5cccc(-n6c7ccccc7c7ccc8c9ccccc9oc8c76)c5)c4c3)n2)cc1. The van der Waals surface area contributed by atoms with Gasteiger partial charge in [-0.3, -0.25) is 0 Å². The molecule has 4 heterocycles. The topological polar surface area (TPSA) is 53.7 Å². The maximum atomic E-state index is 6.66. The van der Waals surface area contributed by atoms with Gasteiger partial charge >= 0.3 is 0 Å². The molecule has 6 nitrogen and oxygen atoms in total. The Labute approximate surface area is 320 Å². The lowest BCUT2D eigenvalue weighted by molar-refractivity contribution is 0.671. The van der Waals surface area contributed by atoms with Gasteiger partial charge in [-0.1, -0.05) is 133 Å². The molecular formula is C50H31N5O. The van der Waals surface area contributed by atoms with Gasteiger partial charge in [0.05, 0.1) is 27.8 Å². The molecule has 0 spiro atoms. The van der Waals surface area contributed by atoms with Crippen LogP contribution in [0.1, 0.15) is 0 Å². The lowest BCUT2D eigenvalue weighted by atomic mass is 10.1. The molecule has 12 rings (SSSR count). The third-order valence-electron chi connectivity index (χ3n) is 11.1. The lowest BCUT2D eigenvalue weighted by Crippen LogP contribution is -2.01. The van der Waals surface area contributed by atoms with Crippen molar-refractivity contribution in [1.29, 1.82) is 0 Å². The molecule has 56 heavy (non-hydrogen) atoms. The van der Waals surface area contributed by atoms with E-state index in [1.807, 2.05) is 47.1 Å². The van der Waals surface area contributed by atoms with E-state index in [1.165, 1.54) is 16.2 Å².